The summed E-state index contributed by atoms with van der Waals surface area (Å²) in [5, 5.41) is 3.36. The minimum absolute atomic E-state index is 0.0122. The first-order valence-electron chi connectivity index (χ1n) is 9.99. The van der Waals surface area contributed by atoms with Crippen molar-refractivity contribution in [3.05, 3.63) is 83.7 Å². The summed E-state index contributed by atoms with van der Waals surface area (Å²) in [7, 11) is 0. The molecule has 0 spiro atoms. The van der Waals surface area contributed by atoms with Gasteiger partial charge in [-0.15, -0.1) is 0 Å². The quantitative estimate of drug-likeness (QED) is 0.722. The number of piperazine rings is 1. The molecule has 1 aliphatic rings. The van der Waals surface area contributed by atoms with E-state index in [4.69, 9.17) is 0 Å². The molecule has 1 aliphatic heterocycles. The molecule has 1 amide bonds. The van der Waals surface area contributed by atoms with Crippen molar-refractivity contribution in [1.29, 1.82) is 0 Å². The highest BCUT2D eigenvalue weighted by Gasteiger charge is 2.23. The number of aryl methyl sites for hydroxylation is 2. The lowest BCUT2D eigenvalue weighted by molar-refractivity contribution is 0.0741. The van der Waals surface area contributed by atoms with E-state index in [0.29, 0.717) is 18.8 Å². The number of carbonyl (C=O) groups is 1. The topological polar surface area (TPSA) is 48.5 Å². The molecule has 4 rings (SSSR count). The van der Waals surface area contributed by atoms with Crippen LogP contribution in [0.5, 0.6) is 0 Å². The van der Waals surface area contributed by atoms with Gasteiger partial charge in [0, 0.05) is 49.4 Å². The van der Waals surface area contributed by atoms with E-state index in [1.807, 2.05) is 29.2 Å². The van der Waals surface area contributed by atoms with E-state index < -0.39 is 0 Å². The monoisotopic (exact) mass is 386 g/mol. The zero-order valence-electron chi connectivity index (χ0n) is 16.9. The van der Waals surface area contributed by atoms with Crippen LogP contribution in [0.3, 0.4) is 0 Å². The van der Waals surface area contributed by atoms with Gasteiger partial charge in [0.1, 0.15) is 5.69 Å². The second-order valence-corrected chi connectivity index (χ2v) is 7.54. The van der Waals surface area contributed by atoms with Crippen LogP contribution in [-0.2, 0) is 0 Å². The summed E-state index contributed by atoms with van der Waals surface area (Å²) in [4.78, 5) is 21.5. The first kappa shape index (κ1) is 19.0. The molecule has 29 heavy (non-hydrogen) atoms. The van der Waals surface area contributed by atoms with Crippen LogP contribution in [0.4, 0.5) is 17.1 Å². The van der Waals surface area contributed by atoms with E-state index in [0.717, 1.165) is 24.5 Å². The average molecular weight is 386 g/mol. The zero-order valence-corrected chi connectivity index (χ0v) is 16.9. The highest BCUT2D eigenvalue weighted by molar-refractivity contribution is 5.93. The van der Waals surface area contributed by atoms with Gasteiger partial charge in [0.15, 0.2) is 0 Å². The lowest BCUT2D eigenvalue weighted by atomic mass is 10.2. The summed E-state index contributed by atoms with van der Waals surface area (Å²) in [6, 6.07) is 20.4. The molecule has 3 aromatic rings. The third-order valence-electron chi connectivity index (χ3n) is 5.22. The summed E-state index contributed by atoms with van der Waals surface area (Å²) in [5.41, 5.74) is 6.01. The van der Waals surface area contributed by atoms with Crippen LogP contribution in [0.25, 0.3) is 0 Å². The maximum atomic E-state index is 13.0. The van der Waals surface area contributed by atoms with Crippen LogP contribution in [0.1, 0.15) is 21.6 Å². The van der Waals surface area contributed by atoms with Gasteiger partial charge in [0.25, 0.3) is 5.91 Å². The Kier molecular flexibility index (Phi) is 5.47. The predicted molar refractivity (Wildman–Crippen MR) is 118 cm³/mol. The molecule has 0 aliphatic carbocycles. The molecule has 0 radical (unpaired) electrons. The van der Waals surface area contributed by atoms with Crippen LogP contribution in [0.15, 0.2) is 66.9 Å². The highest BCUT2D eigenvalue weighted by Crippen LogP contribution is 2.20. The normalized spacial score (nSPS) is 14.0. The van der Waals surface area contributed by atoms with Gasteiger partial charge >= 0.3 is 0 Å². The highest BCUT2D eigenvalue weighted by atomic mass is 16.2. The van der Waals surface area contributed by atoms with E-state index in [1.165, 1.54) is 16.8 Å². The minimum Gasteiger partial charge on any atom is -0.368 e. The third-order valence-corrected chi connectivity index (χ3v) is 5.22. The molecule has 1 N–H and O–H groups in total. The van der Waals surface area contributed by atoms with E-state index in [1.54, 1.807) is 6.20 Å². The second kappa shape index (κ2) is 8.35. The van der Waals surface area contributed by atoms with Gasteiger partial charge in [0.2, 0.25) is 0 Å². The summed E-state index contributed by atoms with van der Waals surface area (Å²) < 4.78 is 0. The number of aromatic nitrogens is 1. The molecule has 5 heteroatoms. The standard InChI is InChI=1S/C24H26N4O/c1-18-5-3-7-20(15-18)26-21-9-10-25-23(17-21)24(29)28-13-11-27(12-14-28)22-8-4-6-19(2)16-22/h3-10,15-17H,11-14H2,1-2H3,(H,25,26). The lowest BCUT2D eigenvalue weighted by Gasteiger charge is -2.36. The van der Waals surface area contributed by atoms with Crippen LogP contribution >= 0.6 is 0 Å². The number of carbonyl (C=O) groups excluding carboxylic acids is 1. The van der Waals surface area contributed by atoms with Crippen LogP contribution < -0.4 is 10.2 Å². The molecule has 2 heterocycles. The number of amides is 1. The van der Waals surface area contributed by atoms with Crippen molar-refractivity contribution in [2.45, 2.75) is 13.8 Å². The molecular weight excluding hydrogens is 360 g/mol. The van der Waals surface area contributed by atoms with Gasteiger partial charge in [-0.2, -0.15) is 0 Å². The van der Waals surface area contributed by atoms with Crippen LogP contribution in [0.2, 0.25) is 0 Å². The number of rotatable bonds is 4. The number of anilines is 3. The zero-order chi connectivity index (χ0) is 20.2. The molecule has 2 aromatic carbocycles. The SMILES string of the molecule is Cc1cccc(Nc2ccnc(C(=O)N3CCN(c4cccc(C)c4)CC3)c2)c1. The smallest absolute Gasteiger partial charge is 0.272 e. The van der Waals surface area contributed by atoms with Gasteiger partial charge in [-0.3, -0.25) is 9.78 Å². The summed E-state index contributed by atoms with van der Waals surface area (Å²) in [5.74, 6) is -0.0122. The van der Waals surface area contributed by atoms with Crippen molar-refractivity contribution in [2.75, 3.05) is 36.4 Å². The minimum atomic E-state index is -0.0122. The maximum Gasteiger partial charge on any atom is 0.272 e. The van der Waals surface area contributed by atoms with E-state index in [-0.39, 0.29) is 5.91 Å². The van der Waals surface area contributed by atoms with Crippen LogP contribution in [0, 0.1) is 13.8 Å². The number of hydrogen-bond donors (Lipinski definition) is 1. The predicted octanol–water partition coefficient (Wildman–Crippen LogP) is 4.40. The van der Waals surface area contributed by atoms with Crippen LogP contribution in [-0.4, -0.2) is 42.0 Å². The second-order valence-electron chi connectivity index (χ2n) is 7.54. The fourth-order valence-corrected chi connectivity index (χ4v) is 3.67. The molecule has 0 unspecified atom stereocenters. The van der Waals surface area contributed by atoms with Crippen molar-refractivity contribution in [3.63, 3.8) is 0 Å². The Labute approximate surface area is 172 Å². The Morgan fingerprint density at radius 3 is 2.28 bits per heavy atom. The largest absolute Gasteiger partial charge is 0.368 e. The number of nitrogens with zero attached hydrogens (tertiary/aromatic N) is 3. The van der Waals surface area contributed by atoms with E-state index in [9.17, 15) is 4.79 Å². The Morgan fingerprint density at radius 2 is 1.55 bits per heavy atom. The van der Waals surface area contributed by atoms with Gasteiger partial charge in [0.05, 0.1) is 0 Å². The maximum absolute atomic E-state index is 13.0. The Hall–Kier alpha value is -3.34. The molecular formula is C24H26N4O. The van der Waals surface area contributed by atoms with Crippen molar-refractivity contribution >= 4 is 23.0 Å². The van der Waals surface area contributed by atoms with Gasteiger partial charge < -0.3 is 15.1 Å². The summed E-state index contributed by atoms with van der Waals surface area (Å²) >= 11 is 0. The molecule has 1 aromatic heterocycles. The summed E-state index contributed by atoms with van der Waals surface area (Å²) in [6.45, 7) is 7.22. The first-order valence-corrected chi connectivity index (χ1v) is 9.99. The van der Waals surface area contributed by atoms with Gasteiger partial charge in [-0.1, -0.05) is 24.3 Å². The summed E-state index contributed by atoms with van der Waals surface area (Å²) in [6.07, 6.45) is 1.69. The molecule has 0 saturated carbocycles. The molecule has 5 nitrogen and oxygen atoms in total. The van der Waals surface area contributed by atoms with E-state index in [2.05, 4.69) is 65.4 Å². The molecule has 0 bridgehead atoms. The van der Waals surface area contributed by atoms with Crippen molar-refractivity contribution < 1.29 is 4.79 Å². The number of benzene rings is 2. The van der Waals surface area contributed by atoms with E-state index >= 15 is 0 Å². The van der Waals surface area contributed by atoms with Crippen molar-refractivity contribution in [1.82, 2.24) is 9.88 Å². The van der Waals surface area contributed by atoms with Crippen molar-refractivity contribution in [3.8, 4) is 0 Å². The fraction of sp³-hybridized carbons (Fsp3) is 0.250. The lowest BCUT2D eigenvalue weighted by Crippen LogP contribution is -2.49. The molecule has 148 valence electrons. The number of nitrogens with one attached hydrogen (secondary N) is 1. The Balaban J connectivity index is 1.41. The van der Waals surface area contributed by atoms with Crippen molar-refractivity contribution in [2.24, 2.45) is 0 Å². The van der Waals surface area contributed by atoms with Gasteiger partial charge in [-0.25, -0.2) is 0 Å². The Bertz CT molecular complexity index is 1010. The third kappa shape index (κ3) is 4.57. The first-order chi connectivity index (χ1) is 14.1. The molecule has 0 atom stereocenters. The fourth-order valence-electron chi connectivity index (χ4n) is 3.67. The number of pyridine rings is 1. The number of hydrogen-bond acceptors (Lipinski definition) is 4. The van der Waals surface area contributed by atoms with Gasteiger partial charge in [-0.05, 0) is 61.4 Å². The molecule has 1 fully saturated rings. The molecule has 1 saturated heterocycles. The Morgan fingerprint density at radius 1 is 0.862 bits per heavy atom. The average Bonchev–Trinajstić information content (AvgIpc) is 2.74.